The van der Waals surface area contributed by atoms with Gasteiger partial charge in [-0.1, -0.05) is 11.2 Å². The molecule has 1 aromatic carbocycles. The number of benzene rings is 1. The van der Waals surface area contributed by atoms with Crippen molar-refractivity contribution in [1.82, 2.24) is 20.6 Å². The van der Waals surface area contributed by atoms with Crippen LogP contribution in [0.1, 0.15) is 0 Å². The van der Waals surface area contributed by atoms with Gasteiger partial charge in [0, 0.05) is 17.8 Å². The number of hydrogen-bond donors (Lipinski definition) is 2. The maximum Gasteiger partial charge on any atom is 0.271 e. The highest BCUT2D eigenvalue weighted by molar-refractivity contribution is 5.56. The summed E-state index contributed by atoms with van der Waals surface area (Å²) in [4.78, 5) is 10.0. The maximum atomic E-state index is 10.5. The quantitative estimate of drug-likeness (QED) is 0.569. The average Bonchev–Trinajstić information content (AvgIpc) is 2.71. The lowest BCUT2D eigenvalue weighted by Gasteiger charge is -1.99. The molecule has 0 bridgehead atoms. The van der Waals surface area contributed by atoms with E-state index >= 15 is 0 Å². The SMILES string of the molecule is O=[N+]([O-])c1cccc(Nc2nn[nH]n2)c1. The van der Waals surface area contributed by atoms with Gasteiger partial charge >= 0.3 is 0 Å². The first kappa shape index (κ1) is 9.06. The van der Waals surface area contributed by atoms with Crippen molar-refractivity contribution in [1.29, 1.82) is 0 Å². The second kappa shape index (κ2) is 3.70. The summed E-state index contributed by atoms with van der Waals surface area (Å²) in [5.41, 5.74) is 0.536. The van der Waals surface area contributed by atoms with Crippen LogP contribution in [0.4, 0.5) is 17.3 Å². The van der Waals surface area contributed by atoms with E-state index < -0.39 is 4.92 Å². The fourth-order valence-corrected chi connectivity index (χ4v) is 1.04. The van der Waals surface area contributed by atoms with Gasteiger partial charge in [-0.15, -0.1) is 5.10 Å². The molecule has 0 atom stereocenters. The molecule has 0 aliphatic heterocycles. The number of aromatic nitrogens is 4. The van der Waals surface area contributed by atoms with E-state index in [-0.39, 0.29) is 11.6 Å². The van der Waals surface area contributed by atoms with E-state index in [0.29, 0.717) is 5.69 Å². The molecule has 2 rings (SSSR count). The van der Waals surface area contributed by atoms with Gasteiger partial charge in [0.1, 0.15) is 0 Å². The van der Waals surface area contributed by atoms with E-state index in [2.05, 4.69) is 25.9 Å². The molecule has 2 N–H and O–H groups in total. The molecule has 76 valence electrons. The second-order valence-corrected chi connectivity index (χ2v) is 2.67. The molecule has 0 fully saturated rings. The van der Waals surface area contributed by atoms with Gasteiger partial charge in [0.15, 0.2) is 0 Å². The Morgan fingerprint density at radius 2 is 2.33 bits per heavy atom. The number of nitro groups is 1. The van der Waals surface area contributed by atoms with Gasteiger partial charge < -0.3 is 5.32 Å². The average molecular weight is 206 g/mol. The molecule has 0 aliphatic carbocycles. The van der Waals surface area contributed by atoms with Crippen molar-refractivity contribution in [2.24, 2.45) is 0 Å². The van der Waals surface area contributed by atoms with E-state index in [0.717, 1.165) is 0 Å². The largest absolute Gasteiger partial charge is 0.321 e. The number of rotatable bonds is 3. The van der Waals surface area contributed by atoms with Crippen LogP contribution in [-0.2, 0) is 0 Å². The van der Waals surface area contributed by atoms with E-state index in [1.54, 1.807) is 12.1 Å². The number of H-pyrrole nitrogens is 1. The summed E-state index contributed by atoms with van der Waals surface area (Å²) in [5.74, 6) is 0.260. The highest BCUT2D eigenvalue weighted by Crippen LogP contribution is 2.18. The van der Waals surface area contributed by atoms with Gasteiger partial charge in [-0.2, -0.15) is 5.21 Å². The number of nitro benzene ring substituents is 1. The highest BCUT2D eigenvalue weighted by Gasteiger charge is 2.06. The summed E-state index contributed by atoms with van der Waals surface area (Å²) in [6, 6.07) is 6.03. The van der Waals surface area contributed by atoms with Crippen LogP contribution in [0.25, 0.3) is 0 Å². The smallest absolute Gasteiger partial charge is 0.271 e. The Morgan fingerprint density at radius 3 is 3.00 bits per heavy atom. The minimum Gasteiger partial charge on any atom is -0.321 e. The number of nitrogens with zero attached hydrogens (tertiary/aromatic N) is 4. The number of non-ortho nitro benzene ring substituents is 1. The first-order valence-corrected chi connectivity index (χ1v) is 4.00. The third-order valence-corrected chi connectivity index (χ3v) is 1.66. The van der Waals surface area contributed by atoms with Crippen LogP contribution >= 0.6 is 0 Å². The monoisotopic (exact) mass is 206 g/mol. The Bertz CT molecular complexity index is 468. The van der Waals surface area contributed by atoms with Crippen LogP contribution < -0.4 is 5.32 Å². The van der Waals surface area contributed by atoms with E-state index in [1.165, 1.54) is 12.1 Å². The summed E-state index contributed by atoms with van der Waals surface area (Å²) in [6.07, 6.45) is 0. The molecule has 2 aromatic rings. The fourth-order valence-electron chi connectivity index (χ4n) is 1.04. The first-order chi connectivity index (χ1) is 7.25. The number of nitrogens with one attached hydrogen (secondary N) is 2. The Balaban J connectivity index is 2.22. The second-order valence-electron chi connectivity index (χ2n) is 2.67. The standard InChI is InChI=1S/C7H6N6O2/c14-13(15)6-3-1-2-5(4-6)8-7-9-11-12-10-7/h1-4H,(H2,8,9,10,11,12). The van der Waals surface area contributed by atoms with Gasteiger partial charge in [0.25, 0.3) is 11.6 Å². The molecule has 0 amide bonds. The fraction of sp³-hybridized carbons (Fsp3) is 0. The van der Waals surface area contributed by atoms with E-state index in [4.69, 9.17) is 0 Å². The van der Waals surface area contributed by atoms with Crippen LogP contribution in [0.2, 0.25) is 0 Å². The zero-order valence-electron chi connectivity index (χ0n) is 7.41. The molecule has 8 heteroatoms. The molecule has 0 aliphatic rings. The number of anilines is 2. The summed E-state index contributed by atoms with van der Waals surface area (Å²) in [5, 5.41) is 26.2. The lowest BCUT2D eigenvalue weighted by molar-refractivity contribution is -0.384. The lowest BCUT2D eigenvalue weighted by atomic mass is 10.3. The van der Waals surface area contributed by atoms with Crippen LogP contribution in [0.3, 0.4) is 0 Å². The molecule has 0 saturated heterocycles. The summed E-state index contributed by atoms with van der Waals surface area (Å²) in [6.45, 7) is 0. The van der Waals surface area contributed by atoms with Crippen molar-refractivity contribution < 1.29 is 4.92 Å². The number of aromatic amines is 1. The summed E-state index contributed by atoms with van der Waals surface area (Å²) < 4.78 is 0. The van der Waals surface area contributed by atoms with Gasteiger partial charge in [-0.05, 0) is 11.3 Å². The molecule has 8 nitrogen and oxygen atoms in total. The Morgan fingerprint density at radius 1 is 1.47 bits per heavy atom. The topological polar surface area (TPSA) is 110 Å². The van der Waals surface area contributed by atoms with Crippen LogP contribution in [-0.4, -0.2) is 25.5 Å². The van der Waals surface area contributed by atoms with Gasteiger partial charge in [0.05, 0.1) is 4.92 Å². The molecule has 0 radical (unpaired) electrons. The van der Waals surface area contributed by atoms with Crippen LogP contribution in [0, 0.1) is 10.1 Å². The minimum absolute atomic E-state index is 0.00324. The summed E-state index contributed by atoms with van der Waals surface area (Å²) >= 11 is 0. The third kappa shape index (κ3) is 2.05. The molecule has 1 aromatic heterocycles. The predicted octanol–water partition coefficient (Wildman–Crippen LogP) is 0.851. The van der Waals surface area contributed by atoms with Crippen molar-refractivity contribution in [3.05, 3.63) is 34.4 Å². The first-order valence-electron chi connectivity index (χ1n) is 4.00. The Labute approximate surface area is 83.5 Å². The normalized spacial score (nSPS) is 9.87. The molecular weight excluding hydrogens is 200 g/mol. The van der Waals surface area contributed by atoms with Crippen LogP contribution in [0.15, 0.2) is 24.3 Å². The zero-order valence-corrected chi connectivity index (χ0v) is 7.41. The number of tetrazole rings is 1. The van der Waals surface area contributed by atoms with E-state index in [9.17, 15) is 10.1 Å². The van der Waals surface area contributed by atoms with Gasteiger partial charge in [-0.25, -0.2) is 0 Å². The lowest BCUT2D eigenvalue weighted by Crippen LogP contribution is -1.94. The molecule has 0 saturated carbocycles. The number of hydrogen-bond acceptors (Lipinski definition) is 6. The van der Waals surface area contributed by atoms with Crippen molar-refractivity contribution in [2.75, 3.05) is 5.32 Å². The van der Waals surface area contributed by atoms with Crippen molar-refractivity contribution in [3.8, 4) is 0 Å². The Kier molecular flexibility index (Phi) is 2.23. The van der Waals surface area contributed by atoms with Crippen molar-refractivity contribution in [3.63, 3.8) is 0 Å². The van der Waals surface area contributed by atoms with Gasteiger partial charge in [-0.3, -0.25) is 10.1 Å². The van der Waals surface area contributed by atoms with Gasteiger partial charge in [0.2, 0.25) is 0 Å². The molecule has 1 heterocycles. The summed E-state index contributed by atoms with van der Waals surface area (Å²) in [7, 11) is 0. The molecule has 0 spiro atoms. The highest BCUT2D eigenvalue weighted by atomic mass is 16.6. The third-order valence-electron chi connectivity index (χ3n) is 1.66. The van der Waals surface area contributed by atoms with Crippen molar-refractivity contribution >= 4 is 17.3 Å². The molecular formula is C7H6N6O2. The Hall–Kier alpha value is -2.51. The van der Waals surface area contributed by atoms with Crippen molar-refractivity contribution in [2.45, 2.75) is 0 Å². The predicted molar refractivity (Wildman–Crippen MR) is 50.6 cm³/mol. The van der Waals surface area contributed by atoms with Crippen LogP contribution in [0.5, 0.6) is 0 Å². The molecule has 15 heavy (non-hydrogen) atoms. The van der Waals surface area contributed by atoms with E-state index in [1.807, 2.05) is 0 Å². The minimum atomic E-state index is -0.471. The molecule has 0 unspecified atom stereocenters. The maximum absolute atomic E-state index is 10.5. The zero-order chi connectivity index (χ0) is 10.7.